The van der Waals surface area contributed by atoms with Gasteiger partial charge in [0.25, 0.3) is 0 Å². The molecule has 12 heavy (non-hydrogen) atoms. The van der Waals surface area contributed by atoms with Crippen molar-refractivity contribution in [2.75, 3.05) is 12.3 Å². The molecule has 0 aromatic heterocycles. The average Bonchev–Trinajstić information content (AvgIpc) is 2.05. The first-order chi connectivity index (χ1) is 6.00. The molecular weight excluding hydrogens is 168 g/mol. The fourth-order valence-electron chi connectivity index (χ4n) is 1.42. The second kappa shape index (κ2) is 7.90. The van der Waals surface area contributed by atoms with Crippen LogP contribution in [-0.4, -0.2) is 12.3 Å². The van der Waals surface area contributed by atoms with E-state index >= 15 is 0 Å². The molecular formula is C9H20N2S. The van der Waals surface area contributed by atoms with Crippen molar-refractivity contribution in [1.82, 2.24) is 10.3 Å². The van der Waals surface area contributed by atoms with E-state index in [1.807, 2.05) is 0 Å². The summed E-state index contributed by atoms with van der Waals surface area (Å²) >= 11 is 1.81. The molecule has 0 amide bonds. The Balaban J connectivity index is 2.00. The van der Waals surface area contributed by atoms with Crippen molar-refractivity contribution in [2.24, 2.45) is 0 Å². The Morgan fingerprint density at radius 1 is 0.750 bits per heavy atom. The summed E-state index contributed by atoms with van der Waals surface area (Å²) in [5.41, 5.74) is 3.22. The maximum Gasteiger partial charge on any atom is 0.0109 e. The van der Waals surface area contributed by atoms with Crippen molar-refractivity contribution in [1.29, 1.82) is 0 Å². The van der Waals surface area contributed by atoms with Gasteiger partial charge >= 0.3 is 0 Å². The van der Waals surface area contributed by atoms with Gasteiger partial charge in [0.15, 0.2) is 0 Å². The molecule has 1 heterocycles. The summed E-state index contributed by atoms with van der Waals surface area (Å²) in [4.78, 5) is 3.17. The van der Waals surface area contributed by atoms with E-state index in [4.69, 9.17) is 0 Å². The number of hydrazine groups is 1. The minimum Gasteiger partial charge on any atom is -0.248 e. The van der Waals surface area contributed by atoms with Crippen LogP contribution in [0.1, 0.15) is 44.9 Å². The standard InChI is InChI=1S/C9H20N2S/c1-2-4-6-8-10-11-12-9-7-5-3-1/h10-11H,1-9H2. The molecule has 72 valence electrons. The van der Waals surface area contributed by atoms with Crippen LogP contribution in [0, 0.1) is 0 Å². The topological polar surface area (TPSA) is 24.1 Å². The van der Waals surface area contributed by atoms with Crippen LogP contribution >= 0.6 is 11.9 Å². The second-order valence-corrected chi connectivity index (χ2v) is 4.25. The van der Waals surface area contributed by atoms with Gasteiger partial charge in [0.1, 0.15) is 0 Å². The van der Waals surface area contributed by atoms with Crippen LogP contribution in [0.15, 0.2) is 0 Å². The number of rotatable bonds is 0. The van der Waals surface area contributed by atoms with Gasteiger partial charge in [-0.05, 0) is 12.8 Å². The van der Waals surface area contributed by atoms with Crippen LogP contribution in [0.4, 0.5) is 0 Å². The highest BCUT2D eigenvalue weighted by atomic mass is 32.2. The van der Waals surface area contributed by atoms with Crippen molar-refractivity contribution in [3.05, 3.63) is 0 Å². The van der Waals surface area contributed by atoms with Crippen LogP contribution < -0.4 is 10.3 Å². The Bertz CT molecular complexity index is 55.5. The van der Waals surface area contributed by atoms with Crippen LogP contribution in [0.3, 0.4) is 0 Å². The monoisotopic (exact) mass is 188 g/mol. The summed E-state index contributed by atoms with van der Waals surface area (Å²) in [7, 11) is 0. The van der Waals surface area contributed by atoms with E-state index in [2.05, 4.69) is 10.3 Å². The van der Waals surface area contributed by atoms with E-state index in [-0.39, 0.29) is 0 Å². The molecule has 1 saturated heterocycles. The van der Waals surface area contributed by atoms with E-state index in [0.717, 1.165) is 6.54 Å². The van der Waals surface area contributed by atoms with Crippen LogP contribution in [-0.2, 0) is 0 Å². The zero-order valence-corrected chi connectivity index (χ0v) is 8.59. The summed E-state index contributed by atoms with van der Waals surface area (Å²) in [6.45, 7) is 1.12. The Morgan fingerprint density at radius 2 is 1.42 bits per heavy atom. The Kier molecular flexibility index (Phi) is 6.81. The molecule has 0 saturated carbocycles. The predicted octanol–water partition coefficient (Wildman–Crippen LogP) is 2.47. The minimum atomic E-state index is 1.12. The maximum atomic E-state index is 3.22. The van der Waals surface area contributed by atoms with Gasteiger partial charge in [-0.15, -0.1) is 0 Å². The Hall–Kier alpha value is 0.270. The summed E-state index contributed by atoms with van der Waals surface area (Å²) in [6, 6.07) is 0. The molecule has 3 heteroatoms. The van der Waals surface area contributed by atoms with Crippen molar-refractivity contribution in [3.8, 4) is 0 Å². The van der Waals surface area contributed by atoms with Crippen molar-refractivity contribution in [3.63, 3.8) is 0 Å². The molecule has 0 bridgehead atoms. The Morgan fingerprint density at radius 3 is 2.25 bits per heavy atom. The van der Waals surface area contributed by atoms with Gasteiger partial charge in [-0.2, -0.15) is 0 Å². The second-order valence-electron chi connectivity index (χ2n) is 3.35. The lowest BCUT2D eigenvalue weighted by molar-refractivity contribution is 0.555. The van der Waals surface area contributed by atoms with Gasteiger partial charge in [-0.1, -0.05) is 44.1 Å². The predicted molar refractivity (Wildman–Crippen MR) is 55.9 cm³/mol. The molecule has 0 radical (unpaired) electrons. The van der Waals surface area contributed by atoms with Gasteiger partial charge in [-0.25, -0.2) is 10.3 Å². The molecule has 0 unspecified atom stereocenters. The third-order valence-corrected chi connectivity index (χ3v) is 2.97. The number of nitrogens with one attached hydrogen (secondary N) is 2. The fourth-order valence-corrected chi connectivity index (χ4v) is 2.08. The maximum absolute atomic E-state index is 3.22. The first-order valence-electron chi connectivity index (χ1n) is 5.10. The molecule has 1 aliphatic heterocycles. The third-order valence-electron chi connectivity index (χ3n) is 2.19. The smallest absolute Gasteiger partial charge is 0.0109 e. The highest BCUT2D eigenvalue weighted by Gasteiger charge is 1.94. The zero-order chi connectivity index (χ0) is 8.49. The lowest BCUT2D eigenvalue weighted by Gasteiger charge is -2.08. The van der Waals surface area contributed by atoms with E-state index < -0.39 is 0 Å². The van der Waals surface area contributed by atoms with Crippen LogP contribution in [0.25, 0.3) is 0 Å². The summed E-state index contributed by atoms with van der Waals surface area (Å²) in [6.07, 6.45) is 9.78. The summed E-state index contributed by atoms with van der Waals surface area (Å²) < 4.78 is 0. The quantitative estimate of drug-likeness (QED) is 0.571. The highest BCUT2D eigenvalue weighted by Crippen LogP contribution is 2.09. The molecule has 0 aromatic rings. The van der Waals surface area contributed by atoms with Crippen LogP contribution in [0.5, 0.6) is 0 Å². The molecule has 0 spiro atoms. The first-order valence-corrected chi connectivity index (χ1v) is 6.08. The Labute approximate surface area is 80.0 Å². The van der Waals surface area contributed by atoms with Crippen LogP contribution in [0.2, 0.25) is 0 Å². The van der Waals surface area contributed by atoms with Gasteiger partial charge < -0.3 is 0 Å². The first kappa shape index (κ1) is 10.4. The van der Waals surface area contributed by atoms with Crippen molar-refractivity contribution >= 4 is 11.9 Å². The normalized spacial score (nSPS) is 24.0. The molecule has 2 nitrogen and oxygen atoms in total. The molecule has 1 aliphatic rings. The van der Waals surface area contributed by atoms with E-state index in [0.29, 0.717) is 0 Å². The molecule has 1 fully saturated rings. The van der Waals surface area contributed by atoms with Crippen molar-refractivity contribution < 1.29 is 0 Å². The lowest BCUT2D eigenvalue weighted by Crippen LogP contribution is -2.26. The van der Waals surface area contributed by atoms with E-state index in [1.54, 1.807) is 11.9 Å². The summed E-state index contributed by atoms with van der Waals surface area (Å²) in [5.74, 6) is 1.24. The highest BCUT2D eigenvalue weighted by molar-refractivity contribution is 7.97. The fraction of sp³-hybridized carbons (Fsp3) is 1.00. The van der Waals surface area contributed by atoms with E-state index in [1.165, 1.54) is 50.7 Å². The third kappa shape index (κ3) is 5.86. The van der Waals surface area contributed by atoms with E-state index in [9.17, 15) is 0 Å². The minimum absolute atomic E-state index is 1.12. The molecule has 0 aliphatic carbocycles. The number of hydrogen-bond donors (Lipinski definition) is 2. The molecule has 2 N–H and O–H groups in total. The zero-order valence-electron chi connectivity index (χ0n) is 7.77. The van der Waals surface area contributed by atoms with Gasteiger partial charge in [0.05, 0.1) is 0 Å². The molecule has 0 aromatic carbocycles. The number of hydrogen-bond acceptors (Lipinski definition) is 3. The largest absolute Gasteiger partial charge is 0.248 e. The molecule has 0 atom stereocenters. The SMILES string of the molecule is C1CCCCNNSCCCC1. The molecule has 1 rings (SSSR count). The summed E-state index contributed by atoms with van der Waals surface area (Å²) in [5, 5.41) is 0. The van der Waals surface area contributed by atoms with Gasteiger partial charge in [0, 0.05) is 12.3 Å². The van der Waals surface area contributed by atoms with Gasteiger partial charge in [0.2, 0.25) is 0 Å². The van der Waals surface area contributed by atoms with Gasteiger partial charge in [-0.3, -0.25) is 0 Å². The average molecular weight is 188 g/mol. The van der Waals surface area contributed by atoms with Crippen molar-refractivity contribution in [2.45, 2.75) is 44.9 Å². The lowest BCUT2D eigenvalue weighted by atomic mass is 10.1.